The molecule has 1 amide bonds. The molecule has 0 aliphatic rings. The molecule has 1 rings (SSSR count). The van der Waals surface area contributed by atoms with Crippen LogP contribution in [0.4, 0.5) is 5.69 Å². The van der Waals surface area contributed by atoms with Gasteiger partial charge in [-0.2, -0.15) is 0 Å². The molecule has 0 unspecified atom stereocenters. The molecular weight excluding hydrogens is 290 g/mol. The van der Waals surface area contributed by atoms with Crippen LogP contribution in [0.2, 0.25) is 5.02 Å². The van der Waals surface area contributed by atoms with Gasteiger partial charge in [0.15, 0.2) is 0 Å². The second kappa shape index (κ2) is 10.2. The van der Waals surface area contributed by atoms with Crippen LogP contribution in [0.1, 0.15) is 31.7 Å². The molecule has 0 radical (unpaired) electrons. The molecule has 1 aromatic rings. The maximum Gasteiger partial charge on any atom is 0.226 e. The van der Waals surface area contributed by atoms with E-state index in [2.05, 4.69) is 17.2 Å². The van der Waals surface area contributed by atoms with E-state index in [1.165, 1.54) is 0 Å². The fraction of sp³-hybridized carbons (Fsp3) is 0.438. The molecule has 0 bridgehead atoms. The third-order valence-corrected chi connectivity index (χ3v) is 2.86. The van der Waals surface area contributed by atoms with Gasteiger partial charge in [0.25, 0.3) is 0 Å². The standard InChI is InChI=1S/C16H20ClNO3/c1-2-10-21-11-8-16(20)18-15-12-13(5-3-4-9-19)6-7-14(15)17/h6-7,12,19H,2,4,8-11H2,1H3,(H,18,20). The van der Waals surface area contributed by atoms with E-state index < -0.39 is 0 Å². The van der Waals surface area contributed by atoms with Crippen LogP contribution in [-0.2, 0) is 9.53 Å². The smallest absolute Gasteiger partial charge is 0.226 e. The average Bonchev–Trinajstić information content (AvgIpc) is 2.47. The monoisotopic (exact) mass is 309 g/mol. The van der Waals surface area contributed by atoms with Crippen LogP contribution in [0.5, 0.6) is 0 Å². The quantitative estimate of drug-likeness (QED) is 0.601. The molecular formula is C16H20ClNO3. The Kier molecular flexibility index (Phi) is 8.53. The van der Waals surface area contributed by atoms with Gasteiger partial charge in [0.2, 0.25) is 5.91 Å². The van der Waals surface area contributed by atoms with Gasteiger partial charge in [-0.05, 0) is 24.6 Å². The third-order valence-electron chi connectivity index (χ3n) is 2.53. The number of nitrogens with one attached hydrogen (secondary N) is 1. The van der Waals surface area contributed by atoms with Crippen molar-refractivity contribution in [3.63, 3.8) is 0 Å². The Labute approximate surface area is 130 Å². The zero-order valence-corrected chi connectivity index (χ0v) is 12.9. The molecule has 5 heteroatoms. The number of carbonyl (C=O) groups excluding carboxylic acids is 1. The highest BCUT2D eigenvalue weighted by atomic mass is 35.5. The minimum absolute atomic E-state index is 0.0297. The van der Waals surface area contributed by atoms with Crippen molar-refractivity contribution in [1.82, 2.24) is 0 Å². The number of halogens is 1. The minimum atomic E-state index is -0.145. The summed E-state index contributed by atoms with van der Waals surface area (Å²) >= 11 is 6.05. The van der Waals surface area contributed by atoms with Crippen molar-refractivity contribution in [3.8, 4) is 11.8 Å². The molecule has 1 aromatic carbocycles. The highest BCUT2D eigenvalue weighted by molar-refractivity contribution is 6.33. The molecule has 0 saturated heterocycles. The van der Waals surface area contributed by atoms with Crippen LogP contribution in [0, 0.1) is 11.8 Å². The molecule has 2 N–H and O–H groups in total. The first-order valence-corrected chi connectivity index (χ1v) is 7.32. The van der Waals surface area contributed by atoms with Gasteiger partial charge in [0.1, 0.15) is 0 Å². The summed E-state index contributed by atoms with van der Waals surface area (Å²) in [7, 11) is 0. The third kappa shape index (κ3) is 7.14. The van der Waals surface area contributed by atoms with Crippen LogP contribution in [-0.4, -0.2) is 30.8 Å². The number of aliphatic hydroxyl groups is 1. The summed E-state index contributed by atoms with van der Waals surface area (Å²) in [6, 6.07) is 5.18. The van der Waals surface area contributed by atoms with Crippen LogP contribution >= 0.6 is 11.6 Å². The van der Waals surface area contributed by atoms with E-state index in [0.29, 0.717) is 30.3 Å². The predicted octanol–water partition coefficient (Wildman–Crippen LogP) is 2.83. The average molecular weight is 310 g/mol. The first-order valence-electron chi connectivity index (χ1n) is 6.94. The second-order valence-electron chi connectivity index (χ2n) is 4.38. The van der Waals surface area contributed by atoms with Crippen LogP contribution in [0.25, 0.3) is 0 Å². The van der Waals surface area contributed by atoms with E-state index in [1.807, 2.05) is 6.92 Å². The molecule has 0 aromatic heterocycles. The Morgan fingerprint density at radius 2 is 2.24 bits per heavy atom. The topological polar surface area (TPSA) is 58.6 Å². The molecule has 0 spiro atoms. The number of aliphatic hydroxyl groups excluding tert-OH is 1. The number of anilines is 1. The van der Waals surface area contributed by atoms with Crippen molar-refractivity contribution in [2.75, 3.05) is 25.1 Å². The molecule has 4 nitrogen and oxygen atoms in total. The lowest BCUT2D eigenvalue weighted by Gasteiger charge is -2.08. The van der Waals surface area contributed by atoms with E-state index in [-0.39, 0.29) is 18.9 Å². The maximum atomic E-state index is 11.8. The maximum absolute atomic E-state index is 11.8. The number of benzene rings is 1. The predicted molar refractivity (Wildman–Crippen MR) is 84.4 cm³/mol. The first kappa shape index (κ1) is 17.5. The Balaban J connectivity index is 2.59. The normalized spacial score (nSPS) is 9.86. The van der Waals surface area contributed by atoms with E-state index in [4.69, 9.17) is 21.4 Å². The molecule has 0 fully saturated rings. The second-order valence-corrected chi connectivity index (χ2v) is 4.79. The minimum Gasteiger partial charge on any atom is -0.395 e. The summed E-state index contributed by atoms with van der Waals surface area (Å²) in [6.45, 7) is 3.10. The summed E-state index contributed by atoms with van der Waals surface area (Å²) in [5, 5.41) is 11.9. The molecule has 0 heterocycles. The van der Waals surface area contributed by atoms with Gasteiger partial charge in [0.05, 0.1) is 30.3 Å². The lowest BCUT2D eigenvalue weighted by molar-refractivity contribution is -0.117. The van der Waals surface area contributed by atoms with Crippen LogP contribution in [0.3, 0.4) is 0 Å². The Morgan fingerprint density at radius 1 is 1.43 bits per heavy atom. The number of rotatable bonds is 7. The zero-order chi connectivity index (χ0) is 15.5. The van der Waals surface area contributed by atoms with Crippen LogP contribution < -0.4 is 5.32 Å². The number of carbonyl (C=O) groups is 1. The number of ether oxygens (including phenoxy) is 1. The van der Waals surface area contributed by atoms with Gasteiger partial charge in [-0.1, -0.05) is 30.4 Å². The van der Waals surface area contributed by atoms with Gasteiger partial charge in [-0.3, -0.25) is 4.79 Å². The number of amides is 1. The van der Waals surface area contributed by atoms with Gasteiger partial charge in [0, 0.05) is 18.6 Å². The number of hydrogen-bond donors (Lipinski definition) is 2. The van der Waals surface area contributed by atoms with Gasteiger partial charge < -0.3 is 15.2 Å². The van der Waals surface area contributed by atoms with Crippen molar-refractivity contribution in [2.24, 2.45) is 0 Å². The summed E-state index contributed by atoms with van der Waals surface area (Å²) in [4.78, 5) is 11.8. The van der Waals surface area contributed by atoms with E-state index >= 15 is 0 Å². The Hall–Kier alpha value is -1.54. The van der Waals surface area contributed by atoms with Crippen molar-refractivity contribution in [2.45, 2.75) is 26.2 Å². The van der Waals surface area contributed by atoms with Crippen molar-refractivity contribution >= 4 is 23.2 Å². The van der Waals surface area contributed by atoms with Crippen molar-refractivity contribution < 1.29 is 14.6 Å². The summed E-state index contributed by atoms with van der Waals surface area (Å²) in [5.74, 6) is 5.58. The van der Waals surface area contributed by atoms with E-state index in [1.54, 1.807) is 18.2 Å². The first-order chi connectivity index (χ1) is 10.2. The Morgan fingerprint density at radius 3 is 2.95 bits per heavy atom. The van der Waals surface area contributed by atoms with E-state index in [0.717, 1.165) is 12.0 Å². The van der Waals surface area contributed by atoms with Gasteiger partial charge in [-0.15, -0.1) is 0 Å². The SMILES string of the molecule is CCCOCCC(=O)Nc1cc(C#CCCO)ccc1Cl. The Bertz CT molecular complexity index is 520. The van der Waals surface area contributed by atoms with E-state index in [9.17, 15) is 4.79 Å². The largest absolute Gasteiger partial charge is 0.395 e. The molecule has 114 valence electrons. The summed E-state index contributed by atoms with van der Waals surface area (Å²) in [5.41, 5.74) is 1.28. The fourth-order valence-corrected chi connectivity index (χ4v) is 1.71. The lowest BCUT2D eigenvalue weighted by Crippen LogP contribution is -2.14. The molecule has 21 heavy (non-hydrogen) atoms. The fourth-order valence-electron chi connectivity index (χ4n) is 1.54. The van der Waals surface area contributed by atoms with Crippen molar-refractivity contribution in [1.29, 1.82) is 0 Å². The highest BCUT2D eigenvalue weighted by Crippen LogP contribution is 2.22. The zero-order valence-electron chi connectivity index (χ0n) is 12.1. The molecule has 0 atom stereocenters. The molecule has 0 aliphatic heterocycles. The lowest BCUT2D eigenvalue weighted by atomic mass is 10.2. The molecule has 0 saturated carbocycles. The van der Waals surface area contributed by atoms with Gasteiger partial charge in [-0.25, -0.2) is 0 Å². The number of hydrogen-bond acceptors (Lipinski definition) is 3. The van der Waals surface area contributed by atoms with Crippen LogP contribution in [0.15, 0.2) is 18.2 Å². The molecule has 0 aliphatic carbocycles. The van der Waals surface area contributed by atoms with Crippen molar-refractivity contribution in [3.05, 3.63) is 28.8 Å². The highest BCUT2D eigenvalue weighted by Gasteiger charge is 2.06. The van der Waals surface area contributed by atoms with Gasteiger partial charge >= 0.3 is 0 Å². The summed E-state index contributed by atoms with van der Waals surface area (Å²) in [6.07, 6.45) is 1.64. The summed E-state index contributed by atoms with van der Waals surface area (Å²) < 4.78 is 5.27.